The highest BCUT2D eigenvalue weighted by molar-refractivity contribution is 14.0. The molecule has 128 valence electrons. The predicted molar refractivity (Wildman–Crippen MR) is 99.7 cm³/mol. The van der Waals surface area contributed by atoms with E-state index in [1.165, 1.54) is 0 Å². The van der Waals surface area contributed by atoms with Crippen molar-refractivity contribution >= 4 is 29.9 Å². The van der Waals surface area contributed by atoms with Crippen molar-refractivity contribution in [3.05, 3.63) is 17.8 Å². The zero-order valence-electron chi connectivity index (χ0n) is 14.1. The highest BCUT2D eigenvalue weighted by Gasteiger charge is 2.18. The van der Waals surface area contributed by atoms with Gasteiger partial charge in [-0.25, -0.2) is 9.98 Å². The van der Waals surface area contributed by atoms with Crippen LogP contribution in [0.1, 0.15) is 46.3 Å². The number of aliphatic hydroxyl groups is 1. The van der Waals surface area contributed by atoms with Crippen molar-refractivity contribution in [3.63, 3.8) is 0 Å². The van der Waals surface area contributed by atoms with Crippen molar-refractivity contribution in [1.29, 1.82) is 0 Å². The second-order valence-corrected chi connectivity index (χ2v) is 6.23. The second-order valence-electron chi connectivity index (χ2n) is 6.23. The smallest absolute Gasteiger partial charge is 0.216 e. The van der Waals surface area contributed by atoms with E-state index in [-0.39, 0.29) is 41.9 Å². The molecule has 0 saturated heterocycles. The summed E-state index contributed by atoms with van der Waals surface area (Å²) in [7, 11) is 0. The van der Waals surface area contributed by atoms with Gasteiger partial charge in [0.25, 0.3) is 0 Å². The third-order valence-electron chi connectivity index (χ3n) is 2.94. The Kier molecular flexibility index (Phi) is 9.66. The van der Waals surface area contributed by atoms with E-state index in [2.05, 4.69) is 41.4 Å². The Balaban J connectivity index is 0.00000441. The Hall–Kier alpha value is -0.830. The zero-order valence-corrected chi connectivity index (χ0v) is 16.5. The first-order valence-corrected chi connectivity index (χ1v) is 7.45. The number of rotatable bonds is 6. The normalized spacial score (nSPS) is 13.5. The molecule has 1 atom stereocenters. The number of nitrogens with one attached hydrogen (secondary N) is 2. The first kappa shape index (κ1) is 21.2. The van der Waals surface area contributed by atoms with Crippen LogP contribution in [-0.4, -0.2) is 35.7 Å². The number of halogens is 1. The van der Waals surface area contributed by atoms with E-state index in [4.69, 9.17) is 9.52 Å². The molecule has 0 radical (unpaired) electrons. The molecule has 0 aromatic carbocycles. The molecule has 0 saturated carbocycles. The van der Waals surface area contributed by atoms with Crippen LogP contribution in [0, 0.1) is 5.92 Å². The summed E-state index contributed by atoms with van der Waals surface area (Å²) < 4.78 is 5.71. The molecule has 3 N–H and O–H groups in total. The molecule has 1 rings (SSSR count). The monoisotopic (exact) mass is 424 g/mol. The predicted octanol–water partition coefficient (Wildman–Crippen LogP) is 2.27. The van der Waals surface area contributed by atoms with Gasteiger partial charge in [-0.3, -0.25) is 0 Å². The molecule has 0 bridgehead atoms. The molecule has 0 spiro atoms. The average molecular weight is 424 g/mol. The van der Waals surface area contributed by atoms with Gasteiger partial charge in [-0.2, -0.15) is 0 Å². The third kappa shape index (κ3) is 7.44. The topological polar surface area (TPSA) is 82.7 Å². The lowest BCUT2D eigenvalue weighted by Gasteiger charge is -2.14. The van der Waals surface area contributed by atoms with Gasteiger partial charge in [0.2, 0.25) is 5.89 Å². The Labute approximate surface area is 150 Å². The highest BCUT2D eigenvalue weighted by Crippen LogP contribution is 2.22. The fourth-order valence-electron chi connectivity index (χ4n) is 1.55. The highest BCUT2D eigenvalue weighted by atomic mass is 127. The van der Waals surface area contributed by atoms with Crippen molar-refractivity contribution in [2.24, 2.45) is 10.9 Å². The third-order valence-corrected chi connectivity index (χ3v) is 2.94. The first-order valence-electron chi connectivity index (χ1n) is 7.45. The molecule has 0 aliphatic carbocycles. The molecule has 1 aromatic rings. The standard InChI is InChI=1S/C15H28N4O2.HI/c1-6-16-14(18-7-11(2)10-20)19-9-13-17-8-12(21-13)15(3,4)5;/h8,11,20H,6-7,9-10H2,1-5H3,(H2,16,18,19);1H. The molecule has 1 aromatic heterocycles. The van der Waals surface area contributed by atoms with E-state index < -0.39 is 0 Å². The summed E-state index contributed by atoms with van der Waals surface area (Å²) in [6, 6.07) is 0. The molecular formula is C15H29IN4O2. The van der Waals surface area contributed by atoms with Gasteiger partial charge in [0, 0.05) is 25.1 Å². The van der Waals surface area contributed by atoms with Gasteiger partial charge >= 0.3 is 0 Å². The number of aliphatic imine (C=N–C) groups is 1. The van der Waals surface area contributed by atoms with Crippen LogP contribution in [0.25, 0.3) is 0 Å². The first-order chi connectivity index (χ1) is 9.86. The van der Waals surface area contributed by atoms with Crippen molar-refractivity contribution in [2.45, 2.75) is 46.6 Å². The van der Waals surface area contributed by atoms with E-state index >= 15 is 0 Å². The van der Waals surface area contributed by atoms with Gasteiger partial charge in [-0.1, -0.05) is 27.7 Å². The summed E-state index contributed by atoms with van der Waals surface area (Å²) in [6.07, 6.45) is 1.76. The molecule has 0 aliphatic heterocycles. The number of aliphatic hydroxyl groups excluding tert-OH is 1. The Bertz CT molecular complexity index is 455. The number of nitrogens with zero attached hydrogens (tertiary/aromatic N) is 2. The number of hydrogen-bond donors (Lipinski definition) is 3. The quantitative estimate of drug-likeness (QED) is 0.371. The molecule has 0 aliphatic rings. The fourth-order valence-corrected chi connectivity index (χ4v) is 1.55. The second kappa shape index (κ2) is 10.0. The van der Waals surface area contributed by atoms with Gasteiger partial charge in [-0.05, 0) is 12.8 Å². The van der Waals surface area contributed by atoms with Gasteiger partial charge in [0.05, 0.1) is 6.20 Å². The van der Waals surface area contributed by atoms with Gasteiger partial charge in [0.15, 0.2) is 5.96 Å². The Morgan fingerprint density at radius 3 is 2.59 bits per heavy atom. The van der Waals surface area contributed by atoms with Crippen LogP contribution < -0.4 is 10.6 Å². The molecule has 6 nitrogen and oxygen atoms in total. The molecule has 22 heavy (non-hydrogen) atoms. The lowest BCUT2D eigenvalue weighted by atomic mass is 9.94. The van der Waals surface area contributed by atoms with Crippen molar-refractivity contribution in [3.8, 4) is 0 Å². The lowest BCUT2D eigenvalue weighted by molar-refractivity contribution is 0.238. The maximum atomic E-state index is 9.04. The van der Waals surface area contributed by atoms with Crippen molar-refractivity contribution in [2.75, 3.05) is 19.7 Å². The molecule has 1 heterocycles. The molecule has 0 amide bonds. The summed E-state index contributed by atoms with van der Waals surface area (Å²) in [5.74, 6) is 2.35. The molecular weight excluding hydrogens is 395 g/mol. The van der Waals surface area contributed by atoms with Crippen molar-refractivity contribution < 1.29 is 9.52 Å². The number of hydrogen-bond acceptors (Lipinski definition) is 4. The maximum Gasteiger partial charge on any atom is 0.216 e. The summed E-state index contributed by atoms with van der Waals surface area (Å²) in [4.78, 5) is 8.70. The molecule has 0 fully saturated rings. The lowest BCUT2D eigenvalue weighted by Crippen LogP contribution is -2.39. The summed E-state index contributed by atoms with van der Waals surface area (Å²) in [5, 5.41) is 15.4. The van der Waals surface area contributed by atoms with Crippen LogP contribution in [0.5, 0.6) is 0 Å². The minimum Gasteiger partial charge on any atom is -0.443 e. The van der Waals surface area contributed by atoms with E-state index in [1.807, 2.05) is 13.8 Å². The van der Waals surface area contributed by atoms with Crippen LogP contribution in [0.15, 0.2) is 15.6 Å². The SMILES string of the molecule is CCNC(=NCc1ncc(C(C)(C)C)o1)NCC(C)CO.I. The fraction of sp³-hybridized carbons (Fsp3) is 0.733. The maximum absolute atomic E-state index is 9.04. The summed E-state index contributed by atoms with van der Waals surface area (Å²) in [5.41, 5.74) is -0.0474. The number of oxazole rings is 1. The average Bonchev–Trinajstić information content (AvgIpc) is 2.90. The van der Waals surface area contributed by atoms with Gasteiger partial charge in [0.1, 0.15) is 12.3 Å². The van der Waals surface area contributed by atoms with Gasteiger partial charge in [-0.15, -0.1) is 24.0 Å². The van der Waals surface area contributed by atoms with Gasteiger partial charge < -0.3 is 20.2 Å². The van der Waals surface area contributed by atoms with E-state index in [0.717, 1.165) is 12.3 Å². The van der Waals surface area contributed by atoms with Crippen molar-refractivity contribution in [1.82, 2.24) is 15.6 Å². The number of aromatic nitrogens is 1. The molecule has 7 heteroatoms. The zero-order chi connectivity index (χ0) is 15.9. The van der Waals surface area contributed by atoms with E-state index in [9.17, 15) is 0 Å². The Morgan fingerprint density at radius 1 is 1.41 bits per heavy atom. The largest absolute Gasteiger partial charge is 0.443 e. The molecule has 1 unspecified atom stereocenters. The van der Waals surface area contributed by atoms with Crippen LogP contribution in [0.2, 0.25) is 0 Å². The summed E-state index contributed by atoms with van der Waals surface area (Å²) in [6.45, 7) is 12.2. The summed E-state index contributed by atoms with van der Waals surface area (Å²) >= 11 is 0. The van der Waals surface area contributed by atoms with E-state index in [1.54, 1.807) is 6.20 Å². The van der Waals surface area contributed by atoms with Crippen LogP contribution >= 0.6 is 24.0 Å². The minimum absolute atomic E-state index is 0. The number of guanidine groups is 1. The van der Waals surface area contributed by atoms with E-state index in [0.29, 0.717) is 24.9 Å². The minimum atomic E-state index is -0.0474. The Morgan fingerprint density at radius 2 is 2.09 bits per heavy atom. The van der Waals surface area contributed by atoms with Crippen LogP contribution in [-0.2, 0) is 12.0 Å². The van der Waals surface area contributed by atoms with Crippen LogP contribution in [0.4, 0.5) is 0 Å². The van der Waals surface area contributed by atoms with Crippen LogP contribution in [0.3, 0.4) is 0 Å².